The number of sulfonamides is 1. The van der Waals surface area contributed by atoms with Crippen molar-refractivity contribution in [2.75, 3.05) is 39.3 Å². The first-order chi connectivity index (χ1) is 12.0. The van der Waals surface area contributed by atoms with Gasteiger partial charge in [-0.05, 0) is 37.5 Å². The van der Waals surface area contributed by atoms with Crippen LogP contribution >= 0.6 is 0 Å². The lowest BCUT2D eigenvalue weighted by molar-refractivity contribution is -0.0496. The molecule has 152 valence electrons. The van der Waals surface area contributed by atoms with Crippen LogP contribution in [0.1, 0.15) is 40.0 Å². The van der Waals surface area contributed by atoms with Crippen LogP contribution in [-0.4, -0.2) is 68.4 Å². The molecule has 2 aliphatic heterocycles. The van der Waals surface area contributed by atoms with E-state index in [4.69, 9.17) is 0 Å². The average Bonchev–Trinajstić information content (AvgIpc) is 2.90. The molecule has 2 saturated heterocycles. The largest absolute Gasteiger partial charge is 0.511 e. The molecule has 0 atom stereocenters. The highest BCUT2D eigenvalue weighted by Gasteiger charge is 2.50. The van der Waals surface area contributed by atoms with Crippen LogP contribution in [0.5, 0.6) is 0 Å². The van der Waals surface area contributed by atoms with E-state index in [1.165, 1.54) is 0 Å². The number of nitrogens with zero attached hydrogens (tertiary/aromatic N) is 3. The predicted molar refractivity (Wildman–Crippen MR) is 95.2 cm³/mol. The number of aliphatic imine (C=N–C) groups is 1. The summed E-state index contributed by atoms with van der Waals surface area (Å²) in [6.07, 6.45) is 1.87. The molecule has 2 heterocycles. The summed E-state index contributed by atoms with van der Waals surface area (Å²) in [6, 6.07) is 0. The number of alkyl halides is 3. The Morgan fingerprint density at radius 3 is 2.31 bits per heavy atom. The number of piperidine rings is 1. The maximum Gasteiger partial charge on any atom is 0.511 e. The molecular formula is C16H29F3N4O2S. The number of halogens is 3. The first-order valence-corrected chi connectivity index (χ1v) is 10.5. The van der Waals surface area contributed by atoms with Crippen molar-refractivity contribution >= 4 is 16.0 Å². The van der Waals surface area contributed by atoms with Crippen LogP contribution in [0, 0.1) is 11.3 Å². The molecule has 2 aliphatic rings. The molecule has 0 aliphatic carbocycles. The molecule has 6 nitrogen and oxygen atoms in total. The molecule has 10 heteroatoms. The molecule has 26 heavy (non-hydrogen) atoms. The number of likely N-dealkylation sites (tertiary alicyclic amines) is 1. The van der Waals surface area contributed by atoms with E-state index in [1.54, 1.807) is 0 Å². The fraction of sp³-hybridized carbons (Fsp3) is 0.938. The van der Waals surface area contributed by atoms with Crippen LogP contribution in [-0.2, 0) is 10.0 Å². The lowest BCUT2D eigenvalue weighted by Crippen LogP contribution is -2.45. The highest BCUT2D eigenvalue weighted by Crippen LogP contribution is 2.31. The monoisotopic (exact) mass is 398 g/mol. The number of guanidine groups is 1. The molecule has 0 unspecified atom stereocenters. The normalized spacial score (nSPS) is 23.5. The highest BCUT2D eigenvalue weighted by molar-refractivity contribution is 7.90. The van der Waals surface area contributed by atoms with E-state index in [9.17, 15) is 21.6 Å². The van der Waals surface area contributed by atoms with Crippen molar-refractivity contribution in [2.24, 2.45) is 16.3 Å². The maximum atomic E-state index is 12.6. The zero-order chi connectivity index (χ0) is 19.6. The minimum Gasteiger partial charge on any atom is -0.357 e. The van der Waals surface area contributed by atoms with Gasteiger partial charge >= 0.3 is 15.5 Å². The van der Waals surface area contributed by atoms with E-state index in [-0.39, 0.29) is 24.4 Å². The Morgan fingerprint density at radius 1 is 1.23 bits per heavy atom. The van der Waals surface area contributed by atoms with Crippen LogP contribution in [0.2, 0.25) is 0 Å². The van der Waals surface area contributed by atoms with E-state index in [1.807, 2.05) is 6.92 Å². The smallest absolute Gasteiger partial charge is 0.357 e. The summed E-state index contributed by atoms with van der Waals surface area (Å²) < 4.78 is 61.3. The molecule has 0 aromatic heterocycles. The molecule has 0 bridgehead atoms. The third-order valence-electron chi connectivity index (χ3n) is 5.02. The van der Waals surface area contributed by atoms with E-state index < -0.39 is 15.5 Å². The second-order valence-electron chi connectivity index (χ2n) is 7.82. The summed E-state index contributed by atoms with van der Waals surface area (Å²) in [6.45, 7) is 9.32. The maximum absolute atomic E-state index is 12.6. The van der Waals surface area contributed by atoms with Gasteiger partial charge in [-0.25, -0.2) is 8.42 Å². The standard InChI is InChI=1S/C16H29F3N4O2S/c1-4-20-14(22-10-7-15(2,3)12-22)21-11-13-5-8-23(9-6-13)26(24,25)16(17,18)19/h13H,4-12H2,1-3H3,(H,20,21). The molecule has 0 radical (unpaired) electrons. The predicted octanol–water partition coefficient (Wildman–Crippen LogP) is 2.25. The third-order valence-corrected chi connectivity index (χ3v) is 6.65. The van der Waals surface area contributed by atoms with Crippen LogP contribution in [0.4, 0.5) is 13.2 Å². The topological polar surface area (TPSA) is 65.0 Å². The molecule has 2 fully saturated rings. The molecule has 0 aromatic rings. The van der Waals surface area contributed by atoms with E-state index in [0.717, 1.165) is 32.0 Å². The Hall–Kier alpha value is -1.03. The first kappa shape index (κ1) is 21.3. The second kappa shape index (κ2) is 7.92. The van der Waals surface area contributed by atoms with Gasteiger partial charge in [0.25, 0.3) is 0 Å². The van der Waals surface area contributed by atoms with Crippen molar-refractivity contribution in [1.82, 2.24) is 14.5 Å². The molecule has 0 aromatic carbocycles. The summed E-state index contributed by atoms with van der Waals surface area (Å²) in [5.41, 5.74) is -4.98. The Labute approximate surface area is 153 Å². The van der Waals surface area contributed by atoms with Gasteiger partial charge in [-0.15, -0.1) is 0 Å². The summed E-state index contributed by atoms with van der Waals surface area (Å²) in [7, 11) is -5.21. The highest BCUT2D eigenvalue weighted by atomic mass is 32.2. The molecule has 2 rings (SSSR count). The fourth-order valence-corrected chi connectivity index (χ4v) is 4.40. The van der Waals surface area contributed by atoms with Crippen molar-refractivity contribution in [3.8, 4) is 0 Å². The molecule has 1 N–H and O–H groups in total. The molecular weight excluding hydrogens is 369 g/mol. The van der Waals surface area contributed by atoms with E-state index in [2.05, 4.69) is 29.1 Å². The van der Waals surface area contributed by atoms with Crippen molar-refractivity contribution in [3.05, 3.63) is 0 Å². The average molecular weight is 398 g/mol. The number of nitrogens with one attached hydrogen (secondary N) is 1. The van der Waals surface area contributed by atoms with Gasteiger partial charge in [0.05, 0.1) is 0 Å². The van der Waals surface area contributed by atoms with Gasteiger partial charge in [-0.3, -0.25) is 4.99 Å². The van der Waals surface area contributed by atoms with Gasteiger partial charge < -0.3 is 10.2 Å². The number of hydrogen-bond donors (Lipinski definition) is 1. The summed E-state index contributed by atoms with van der Waals surface area (Å²) in [4.78, 5) is 6.88. The van der Waals surface area contributed by atoms with Gasteiger partial charge in [0.1, 0.15) is 0 Å². The lowest BCUT2D eigenvalue weighted by Gasteiger charge is -2.31. The quantitative estimate of drug-likeness (QED) is 0.583. The van der Waals surface area contributed by atoms with Crippen LogP contribution in [0.15, 0.2) is 4.99 Å². The number of hydrogen-bond acceptors (Lipinski definition) is 3. The summed E-state index contributed by atoms with van der Waals surface area (Å²) in [5, 5.41) is 3.28. The third kappa shape index (κ3) is 5.03. The van der Waals surface area contributed by atoms with Gasteiger partial charge in [0.15, 0.2) is 5.96 Å². The molecule has 0 spiro atoms. The Kier molecular flexibility index (Phi) is 6.48. The van der Waals surface area contributed by atoms with Gasteiger partial charge in [-0.2, -0.15) is 17.5 Å². The van der Waals surface area contributed by atoms with Gasteiger partial charge in [0, 0.05) is 39.3 Å². The summed E-state index contributed by atoms with van der Waals surface area (Å²) >= 11 is 0. The van der Waals surface area contributed by atoms with Gasteiger partial charge in [0.2, 0.25) is 0 Å². The van der Waals surface area contributed by atoms with Gasteiger partial charge in [-0.1, -0.05) is 13.8 Å². The first-order valence-electron chi connectivity index (χ1n) is 9.06. The van der Waals surface area contributed by atoms with Crippen LogP contribution in [0.3, 0.4) is 0 Å². The van der Waals surface area contributed by atoms with Crippen molar-refractivity contribution in [1.29, 1.82) is 0 Å². The van der Waals surface area contributed by atoms with E-state index >= 15 is 0 Å². The van der Waals surface area contributed by atoms with Crippen LogP contribution in [0.25, 0.3) is 0 Å². The Bertz CT molecular complexity index is 611. The van der Waals surface area contributed by atoms with Crippen molar-refractivity contribution < 1.29 is 21.6 Å². The zero-order valence-corrected chi connectivity index (χ0v) is 16.5. The fourth-order valence-electron chi connectivity index (χ4n) is 3.41. The van der Waals surface area contributed by atoms with E-state index in [0.29, 0.717) is 23.7 Å². The number of rotatable bonds is 4. The van der Waals surface area contributed by atoms with Crippen molar-refractivity contribution in [2.45, 2.75) is 45.5 Å². The van der Waals surface area contributed by atoms with Crippen LogP contribution < -0.4 is 5.32 Å². The Balaban J connectivity index is 1.92. The van der Waals surface area contributed by atoms with Crippen molar-refractivity contribution in [3.63, 3.8) is 0 Å². The SMILES string of the molecule is CCNC(=NCC1CCN(S(=O)(=O)C(F)(F)F)CC1)N1CCC(C)(C)C1. The minimum atomic E-state index is -5.22. The summed E-state index contributed by atoms with van der Waals surface area (Å²) in [5.74, 6) is 0.933. The Morgan fingerprint density at radius 2 is 1.85 bits per heavy atom. The zero-order valence-electron chi connectivity index (χ0n) is 15.6. The second-order valence-corrected chi connectivity index (χ2v) is 9.75. The minimum absolute atomic E-state index is 0.0963. The lowest BCUT2D eigenvalue weighted by atomic mass is 9.93. The molecule has 0 amide bonds. The molecule has 0 saturated carbocycles.